The van der Waals surface area contributed by atoms with E-state index < -0.39 is 10.0 Å². The monoisotopic (exact) mass is 319 g/mol. The van der Waals surface area contributed by atoms with Crippen molar-refractivity contribution in [1.82, 2.24) is 14.6 Å². The summed E-state index contributed by atoms with van der Waals surface area (Å²) in [6.07, 6.45) is 5.39. The lowest BCUT2D eigenvalue weighted by Crippen LogP contribution is -2.49. The highest BCUT2D eigenvalue weighted by Crippen LogP contribution is 2.20. The van der Waals surface area contributed by atoms with Crippen LogP contribution in [0.1, 0.15) is 29.8 Å². The molecule has 0 bridgehead atoms. The molecule has 2 N–H and O–H groups in total. The van der Waals surface area contributed by atoms with E-state index in [9.17, 15) is 13.2 Å². The molecule has 0 saturated carbocycles. The van der Waals surface area contributed by atoms with Crippen LogP contribution in [0, 0.1) is 0 Å². The van der Waals surface area contributed by atoms with Crippen LogP contribution in [0.5, 0.6) is 0 Å². The van der Waals surface area contributed by atoms with Crippen molar-refractivity contribution in [2.75, 3.05) is 19.3 Å². The van der Waals surface area contributed by atoms with Gasteiger partial charge < -0.3 is 9.88 Å². The van der Waals surface area contributed by atoms with Crippen molar-refractivity contribution in [3.05, 3.63) is 23.0 Å². The number of hydrogen-bond donors (Lipinski definition) is 2. The molecular formula is C12H18ClN3O3S. The van der Waals surface area contributed by atoms with E-state index in [2.05, 4.69) is 9.71 Å². The van der Waals surface area contributed by atoms with E-state index in [-0.39, 0.29) is 18.5 Å². The van der Waals surface area contributed by atoms with Crippen LogP contribution in [0.2, 0.25) is 5.02 Å². The summed E-state index contributed by atoms with van der Waals surface area (Å²) in [6, 6.07) is 1.47. The van der Waals surface area contributed by atoms with E-state index in [1.54, 1.807) is 17.2 Å². The first-order chi connectivity index (χ1) is 9.37. The minimum Gasteiger partial charge on any atom is -0.356 e. The average Bonchev–Trinajstić information content (AvgIpc) is 2.82. The first kappa shape index (κ1) is 15.3. The van der Waals surface area contributed by atoms with Crippen LogP contribution in [0.3, 0.4) is 0 Å². The van der Waals surface area contributed by atoms with E-state index in [0.717, 1.165) is 25.5 Å². The Labute approximate surface area is 123 Å². The fourth-order valence-electron chi connectivity index (χ4n) is 2.37. The van der Waals surface area contributed by atoms with Gasteiger partial charge in [-0.3, -0.25) is 4.79 Å². The molecule has 0 spiro atoms. The van der Waals surface area contributed by atoms with Crippen LogP contribution < -0.4 is 4.72 Å². The molecule has 8 heteroatoms. The molecule has 1 saturated heterocycles. The summed E-state index contributed by atoms with van der Waals surface area (Å²) in [5, 5.41) is 0.483. The van der Waals surface area contributed by atoms with Gasteiger partial charge >= 0.3 is 0 Å². The van der Waals surface area contributed by atoms with Crippen molar-refractivity contribution in [3.8, 4) is 0 Å². The molecule has 0 aliphatic carbocycles. The topological polar surface area (TPSA) is 82.3 Å². The van der Waals surface area contributed by atoms with Gasteiger partial charge in [0.1, 0.15) is 5.69 Å². The number of rotatable bonds is 4. The molecule has 6 nitrogen and oxygen atoms in total. The largest absolute Gasteiger partial charge is 0.356 e. The maximum Gasteiger partial charge on any atom is 0.270 e. The zero-order valence-electron chi connectivity index (χ0n) is 11.2. The van der Waals surface area contributed by atoms with Gasteiger partial charge in [-0.05, 0) is 25.3 Å². The van der Waals surface area contributed by atoms with Crippen LogP contribution in [-0.2, 0) is 10.0 Å². The molecule has 1 atom stereocenters. The SMILES string of the molecule is CS(=O)(=O)NC[C@H]1CCCCN1C(=O)c1cc(Cl)c[nH]1. The molecule has 1 aliphatic heterocycles. The summed E-state index contributed by atoms with van der Waals surface area (Å²) >= 11 is 5.81. The van der Waals surface area contributed by atoms with E-state index in [1.165, 1.54) is 0 Å². The van der Waals surface area contributed by atoms with E-state index in [0.29, 0.717) is 17.3 Å². The third kappa shape index (κ3) is 3.97. The second-order valence-corrected chi connectivity index (χ2v) is 7.27. The highest BCUT2D eigenvalue weighted by Gasteiger charge is 2.28. The Morgan fingerprint density at radius 2 is 2.30 bits per heavy atom. The molecule has 20 heavy (non-hydrogen) atoms. The maximum absolute atomic E-state index is 12.4. The molecule has 0 unspecified atom stereocenters. The van der Waals surface area contributed by atoms with Gasteiger partial charge in [0.2, 0.25) is 10.0 Å². The van der Waals surface area contributed by atoms with Crippen molar-refractivity contribution in [2.24, 2.45) is 0 Å². The van der Waals surface area contributed by atoms with Gasteiger partial charge in [0.25, 0.3) is 5.91 Å². The second-order valence-electron chi connectivity index (χ2n) is 5.00. The van der Waals surface area contributed by atoms with E-state index in [4.69, 9.17) is 11.6 Å². The molecule has 2 rings (SSSR count). The minimum absolute atomic E-state index is 0.118. The van der Waals surface area contributed by atoms with Crippen LogP contribution in [0.25, 0.3) is 0 Å². The van der Waals surface area contributed by atoms with Crippen molar-refractivity contribution in [3.63, 3.8) is 0 Å². The van der Waals surface area contributed by atoms with Gasteiger partial charge in [-0.1, -0.05) is 11.6 Å². The summed E-state index contributed by atoms with van der Waals surface area (Å²) in [7, 11) is -3.25. The lowest BCUT2D eigenvalue weighted by Gasteiger charge is -2.35. The Morgan fingerprint density at radius 1 is 1.55 bits per heavy atom. The maximum atomic E-state index is 12.4. The van der Waals surface area contributed by atoms with Crippen LogP contribution in [0.15, 0.2) is 12.3 Å². The van der Waals surface area contributed by atoms with Gasteiger partial charge in [0.05, 0.1) is 11.3 Å². The average molecular weight is 320 g/mol. The predicted octanol–water partition coefficient (Wildman–Crippen LogP) is 1.21. The summed E-state index contributed by atoms with van der Waals surface area (Å²) < 4.78 is 24.8. The quantitative estimate of drug-likeness (QED) is 0.875. The van der Waals surface area contributed by atoms with Gasteiger partial charge in [0, 0.05) is 25.3 Å². The standard InChI is InChI=1S/C12H18ClN3O3S/c1-20(18,19)15-8-10-4-2-3-5-16(10)12(17)11-6-9(13)7-14-11/h6-7,10,14-15H,2-5,8H2,1H3/t10-/m1/s1. The Kier molecular flexibility index (Phi) is 4.72. The van der Waals surface area contributed by atoms with Crippen LogP contribution >= 0.6 is 11.6 Å². The lowest BCUT2D eigenvalue weighted by molar-refractivity contribution is 0.0613. The fourth-order valence-corrected chi connectivity index (χ4v) is 3.03. The molecular weight excluding hydrogens is 302 g/mol. The number of amides is 1. The molecule has 1 fully saturated rings. The number of nitrogens with zero attached hydrogens (tertiary/aromatic N) is 1. The smallest absolute Gasteiger partial charge is 0.270 e. The Balaban J connectivity index is 2.08. The molecule has 0 aromatic carbocycles. The Hall–Kier alpha value is -1.05. The number of likely N-dealkylation sites (tertiary alicyclic amines) is 1. The Bertz CT molecular complexity index is 585. The summed E-state index contributed by atoms with van der Waals surface area (Å²) in [4.78, 5) is 17.0. The molecule has 1 aromatic rings. The highest BCUT2D eigenvalue weighted by molar-refractivity contribution is 7.88. The zero-order chi connectivity index (χ0) is 14.8. The molecule has 2 heterocycles. The fraction of sp³-hybridized carbons (Fsp3) is 0.583. The van der Waals surface area contributed by atoms with E-state index >= 15 is 0 Å². The third-order valence-corrected chi connectivity index (χ3v) is 4.26. The summed E-state index contributed by atoms with van der Waals surface area (Å²) in [5.74, 6) is -0.142. The van der Waals surface area contributed by atoms with Crippen molar-refractivity contribution >= 4 is 27.5 Å². The number of carbonyl (C=O) groups is 1. The van der Waals surface area contributed by atoms with E-state index in [1.807, 2.05) is 0 Å². The van der Waals surface area contributed by atoms with Crippen LogP contribution in [0.4, 0.5) is 0 Å². The van der Waals surface area contributed by atoms with Crippen molar-refractivity contribution in [1.29, 1.82) is 0 Å². The van der Waals surface area contributed by atoms with Crippen LogP contribution in [-0.4, -0.2) is 49.6 Å². The van der Waals surface area contributed by atoms with Crippen molar-refractivity contribution < 1.29 is 13.2 Å². The number of piperidine rings is 1. The van der Waals surface area contributed by atoms with Gasteiger partial charge in [-0.15, -0.1) is 0 Å². The first-order valence-electron chi connectivity index (χ1n) is 6.46. The van der Waals surface area contributed by atoms with Gasteiger partial charge in [-0.25, -0.2) is 13.1 Å². The van der Waals surface area contributed by atoms with Gasteiger partial charge in [0.15, 0.2) is 0 Å². The molecule has 1 aliphatic rings. The Morgan fingerprint density at radius 3 is 2.90 bits per heavy atom. The number of nitrogens with one attached hydrogen (secondary N) is 2. The number of aromatic nitrogens is 1. The molecule has 1 aromatic heterocycles. The minimum atomic E-state index is -3.25. The lowest BCUT2D eigenvalue weighted by atomic mass is 10.0. The van der Waals surface area contributed by atoms with Crippen molar-refractivity contribution in [2.45, 2.75) is 25.3 Å². The number of halogens is 1. The normalized spacial score (nSPS) is 20.1. The number of aromatic amines is 1. The predicted molar refractivity (Wildman–Crippen MR) is 77.3 cm³/mol. The highest BCUT2D eigenvalue weighted by atomic mass is 35.5. The summed E-state index contributed by atoms with van der Waals surface area (Å²) in [5.41, 5.74) is 0.432. The first-order valence-corrected chi connectivity index (χ1v) is 8.73. The van der Waals surface area contributed by atoms with Gasteiger partial charge in [-0.2, -0.15) is 0 Å². The summed E-state index contributed by atoms with van der Waals surface area (Å²) in [6.45, 7) is 0.880. The third-order valence-electron chi connectivity index (χ3n) is 3.35. The number of sulfonamides is 1. The molecule has 0 radical (unpaired) electrons. The molecule has 112 valence electrons. The number of H-pyrrole nitrogens is 1. The molecule has 1 amide bonds. The number of hydrogen-bond acceptors (Lipinski definition) is 3. The zero-order valence-corrected chi connectivity index (χ0v) is 12.8. The number of carbonyl (C=O) groups excluding carboxylic acids is 1. The second kappa shape index (κ2) is 6.15.